The standard InChI is InChI=1S/C14H23N3O.C9H14.C6H14S.2C3H8.C2H7N/c1-4-11-7-12(16-9-11)5-6-14(2,3)10-17-13(18)8-15;1-5-9(4)7-6-8(2)3;1-3-5-6(7)4-2;3*1-3-2/h4,7H,1,5-6,8-10,15H2,2-3H3,(H,17,18);1,7-8H,6H2,2-4H3;6-7H,3-5H2,1-2H3;2*3H2,1-2H3;3H,1-2H3. The van der Waals surface area contributed by atoms with Crippen LogP contribution >= 0.6 is 12.6 Å². The molecule has 1 heterocycles. The van der Waals surface area contributed by atoms with Crippen molar-refractivity contribution in [3.05, 3.63) is 36.0 Å². The fourth-order valence-electron chi connectivity index (χ4n) is 2.75. The summed E-state index contributed by atoms with van der Waals surface area (Å²) in [5, 5.41) is 6.23. The summed E-state index contributed by atoms with van der Waals surface area (Å²) in [5.74, 6) is 3.20. The van der Waals surface area contributed by atoms with E-state index in [1.54, 1.807) is 0 Å². The van der Waals surface area contributed by atoms with Crippen molar-refractivity contribution in [2.75, 3.05) is 33.7 Å². The highest BCUT2D eigenvalue weighted by atomic mass is 32.1. The molecule has 0 bridgehead atoms. The summed E-state index contributed by atoms with van der Waals surface area (Å²) in [7, 11) is 3.75. The number of nitrogens with zero attached hydrogens (tertiary/aromatic N) is 1. The molecular weight excluding hydrogens is 549 g/mol. The topological polar surface area (TPSA) is 79.5 Å². The highest BCUT2D eigenvalue weighted by Gasteiger charge is 2.19. The Kier molecular flexibility index (Phi) is 45.1. The van der Waals surface area contributed by atoms with E-state index < -0.39 is 0 Å². The van der Waals surface area contributed by atoms with Gasteiger partial charge in [-0.15, -0.1) is 6.42 Å². The van der Waals surface area contributed by atoms with E-state index in [0.717, 1.165) is 37.1 Å². The van der Waals surface area contributed by atoms with Gasteiger partial charge in [0, 0.05) is 17.5 Å². The van der Waals surface area contributed by atoms with Crippen molar-refractivity contribution in [1.82, 2.24) is 10.6 Å². The molecule has 4 N–H and O–H groups in total. The van der Waals surface area contributed by atoms with E-state index in [2.05, 4.69) is 122 Å². The van der Waals surface area contributed by atoms with Gasteiger partial charge in [0.2, 0.25) is 5.91 Å². The average Bonchev–Trinajstić information content (AvgIpc) is 3.44. The van der Waals surface area contributed by atoms with Crippen molar-refractivity contribution in [3.8, 4) is 12.3 Å². The number of carbonyl (C=O) groups is 1. The second-order valence-corrected chi connectivity index (χ2v) is 12.5. The van der Waals surface area contributed by atoms with E-state index in [9.17, 15) is 4.79 Å². The van der Waals surface area contributed by atoms with Gasteiger partial charge in [-0.1, -0.05) is 113 Å². The minimum Gasteiger partial charge on any atom is -0.354 e. The molecule has 0 aromatic carbocycles. The van der Waals surface area contributed by atoms with Crippen LogP contribution in [0.15, 0.2) is 40.9 Å². The van der Waals surface area contributed by atoms with Crippen molar-refractivity contribution in [3.63, 3.8) is 0 Å². The summed E-state index contributed by atoms with van der Waals surface area (Å²) in [6.45, 7) is 28.7. The van der Waals surface area contributed by atoms with Crippen LogP contribution in [-0.4, -0.2) is 50.6 Å². The maximum atomic E-state index is 11.1. The molecule has 1 atom stereocenters. The van der Waals surface area contributed by atoms with Gasteiger partial charge in [0.25, 0.3) is 0 Å². The molecule has 0 aliphatic carbocycles. The predicted octanol–water partition coefficient (Wildman–Crippen LogP) is 9.21. The van der Waals surface area contributed by atoms with Gasteiger partial charge in [0.15, 0.2) is 0 Å². The lowest BCUT2D eigenvalue weighted by Crippen LogP contribution is -2.37. The molecule has 1 aliphatic rings. The maximum absolute atomic E-state index is 11.1. The number of aliphatic imine (C=N–C) groups is 1. The van der Waals surface area contributed by atoms with Gasteiger partial charge >= 0.3 is 0 Å². The number of carbonyl (C=O) groups excluding carboxylic acids is 1. The summed E-state index contributed by atoms with van der Waals surface area (Å²) in [6.07, 6.45) is 20.4. The number of allylic oxidation sites excluding steroid dienone is 3. The Morgan fingerprint density at radius 3 is 2.02 bits per heavy atom. The molecule has 0 aromatic heterocycles. The largest absolute Gasteiger partial charge is 0.354 e. The van der Waals surface area contributed by atoms with Crippen molar-refractivity contribution in [1.29, 1.82) is 0 Å². The quantitative estimate of drug-likeness (QED) is 0.129. The third-order valence-electron chi connectivity index (χ3n) is 5.30. The number of rotatable bonds is 12. The first-order chi connectivity index (χ1) is 20.2. The van der Waals surface area contributed by atoms with E-state index in [-0.39, 0.29) is 17.9 Å². The number of nitrogens with one attached hydrogen (secondary N) is 2. The summed E-state index contributed by atoms with van der Waals surface area (Å²) in [4.78, 5) is 15.6. The minimum atomic E-state index is -0.102. The normalized spacial score (nSPS) is 12.3. The summed E-state index contributed by atoms with van der Waals surface area (Å²) in [5.41, 5.74) is 8.66. The molecule has 0 fully saturated rings. The molecule has 0 saturated carbocycles. The summed E-state index contributed by atoms with van der Waals surface area (Å²) in [6, 6.07) is 0. The lowest BCUT2D eigenvalue weighted by atomic mass is 9.86. The minimum absolute atomic E-state index is 0.0498. The van der Waals surface area contributed by atoms with Crippen molar-refractivity contribution in [2.45, 2.75) is 133 Å². The van der Waals surface area contributed by atoms with Crippen molar-refractivity contribution >= 4 is 24.2 Å². The Morgan fingerprint density at radius 2 is 1.70 bits per heavy atom. The highest BCUT2D eigenvalue weighted by molar-refractivity contribution is 7.80. The van der Waals surface area contributed by atoms with Crippen molar-refractivity contribution < 1.29 is 4.79 Å². The molecule has 0 spiro atoms. The number of amides is 1. The Bertz CT molecular complexity index is 756. The number of thiol groups is 1. The molecular formula is C37H74N4OS. The maximum Gasteiger partial charge on any atom is 0.233 e. The van der Waals surface area contributed by atoms with E-state index in [0.29, 0.717) is 17.7 Å². The Morgan fingerprint density at radius 1 is 1.19 bits per heavy atom. The Hall–Kier alpha value is -1.81. The van der Waals surface area contributed by atoms with E-state index in [1.165, 1.54) is 37.7 Å². The Labute approximate surface area is 275 Å². The van der Waals surface area contributed by atoms with Crippen LogP contribution < -0.4 is 16.4 Å². The summed E-state index contributed by atoms with van der Waals surface area (Å²) >= 11 is 4.31. The van der Waals surface area contributed by atoms with Gasteiger partial charge < -0.3 is 16.4 Å². The van der Waals surface area contributed by atoms with E-state index >= 15 is 0 Å². The van der Waals surface area contributed by atoms with Gasteiger partial charge in [-0.05, 0) is 81.7 Å². The predicted molar refractivity (Wildman–Crippen MR) is 203 cm³/mol. The first kappa shape index (κ1) is 50.8. The van der Waals surface area contributed by atoms with Gasteiger partial charge in [0.05, 0.1) is 13.1 Å². The van der Waals surface area contributed by atoms with Crippen molar-refractivity contribution in [2.24, 2.45) is 22.1 Å². The average molecular weight is 623 g/mol. The summed E-state index contributed by atoms with van der Waals surface area (Å²) < 4.78 is 0. The molecule has 0 saturated heterocycles. The molecule has 1 amide bonds. The number of terminal acetylenes is 1. The lowest BCUT2D eigenvalue weighted by molar-refractivity contribution is -0.120. The molecule has 1 rings (SSSR count). The monoisotopic (exact) mass is 623 g/mol. The van der Waals surface area contributed by atoms with Crippen LogP contribution in [0, 0.1) is 23.7 Å². The first-order valence-corrected chi connectivity index (χ1v) is 16.9. The molecule has 6 heteroatoms. The molecule has 1 unspecified atom stereocenters. The van der Waals surface area contributed by atoms with Gasteiger partial charge in [-0.25, -0.2) is 0 Å². The molecule has 43 heavy (non-hydrogen) atoms. The SMILES string of the molecule is C#CC(C)=CCC(C)C.C=CC1=CC(CCC(C)(C)CNC(=O)CN)=NC1.CCC.CCC.CCCC(S)CC.CNC. The second kappa shape index (κ2) is 38.2. The molecule has 0 radical (unpaired) electrons. The van der Waals surface area contributed by atoms with Gasteiger partial charge in [-0.2, -0.15) is 12.6 Å². The van der Waals surface area contributed by atoms with Crippen LogP contribution in [0.5, 0.6) is 0 Å². The van der Waals surface area contributed by atoms with E-state index in [1.807, 2.05) is 27.1 Å². The number of hydrogen-bond acceptors (Lipinski definition) is 5. The molecule has 5 nitrogen and oxygen atoms in total. The zero-order valence-electron chi connectivity index (χ0n) is 30.8. The highest BCUT2D eigenvalue weighted by Crippen LogP contribution is 2.23. The van der Waals surface area contributed by atoms with Crippen LogP contribution in [0.1, 0.15) is 128 Å². The lowest BCUT2D eigenvalue weighted by Gasteiger charge is -2.24. The fourth-order valence-corrected chi connectivity index (χ4v) is 3.00. The van der Waals surface area contributed by atoms with Gasteiger partial charge in [0.1, 0.15) is 0 Å². The number of nitrogens with two attached hydrogens (primary N) is 1. The zero-order chi connectivity index (χ0) is 34.7. The van der Waals surface area contributed by atoms with Gasteiger partial charge in [-0.3, -0.25) is 9.79 Å². The smallest absolute Gasteiger partial charge is 0.233 e. The van der Waals surface area contributed by atoms with E-state index in [4.69, 9.17) is 12.2 Å². The third-order valence-corrected chi connectivity index (χ3v) is 5.93. The zero-order valence-corrected chi connectivity index (χ0v) is 31.7. The van der Waals surface area contributed by atoms with Crippen LogP contribution in [0.3, 0.4) is 0 Å². The molecule has 1 aliphatic heterocycles. The van der Waals surface area contributed by atoms with Crippen LogP contribution in [-0.2, 0) is 4.79 Å². The second-order valence-electron chi connectivity index (χ2n) is 11.8. The van der Waals surface area contributed by atoms with Crippen LogP contribution in [0.25, 0.3) is 0 Å². The number of hydrogen-bond donors (Lipinski definition) is 4. The Balaban J connectivity index is -0.000000161. The molecule has 254 valence electrons. The first-order valence-electron chi connectivity index (χ1n) is 16.4. The van der Waals surface area contributed by atoms with Crippen LogP contribution in [0.4, 0.5) is 0 Å². The third kappa shape index (κ3) is 47.3. The molecule has 0 aromatic rings. The fraction of sp³-hybridized carbons (Fsp3) is 0.730. The van der Waals surface area contributed by atoms with Crippen LogP contribution in [0.2, 0.25) is 0 Å².